The molecule has 0 aliphatic rings. The smallest absolute Gasteiger partial charge is 0.335 e. The lowest BCUT2D eigenvalue weighted by Crippen LogP contribution is -2.17. The number of anilines is 1. The van der Waals surface area contributed by atoms with E-state index in [-0.39, 0.29) is 16.1 Å². The van der Waals surface area contributed by atoms with E-state index < -0.39 is 16.0 Å². The Labute approximate surface area is 117 Å². The van der Waals surface area contributed by atoms with E-state index in [1.807, 2.05) is 6.92 Å². The first-order valence-electron chi connectivity index (χ1n) is 6.08. The second-order valence-corrected chi connectivity index (χ2v) is 5.57. The van der Waals surface area contributed by atoms with Crippen LogP contribution in [0.5, 0.6) is 0 Å². The maximum Gasteiger partial charge on any atom is 0.335 e. The summed E-state index contributed by atoms with van der Waals surface area (Å²) < 4.78 is 28.1. The number of sulfonamides is 1. The highest BCUT2D eigenvalue weighted by molar-refractivity contribution is 7.89. The van der Waals surface area contributed by atoms with Crippen molar-refractivity contribution < 1.29 is 23.1 Å². The molecule has 7 nitrogen and oxygen atoms in total. The van der Waals surface area contributed by atoms with Crippen LogP contribution < -0.4 is 10.5 Å². The third-order valence-electron chi connectivity index (χ3n) is 2.52. The molecule has 0 unspecified atom stereocenters. The van der Waals surface area contributed by atoms with Crippen LogP contribution in [-0.2, 0) is 14.8 Å². The normalized spacial score (nSPS) is 11.3. The largest absolute Gasteiger partial charge is 0.478 e. The second-order valence-electron chi connectivity index (χ2n) is 4.04. The van der Waals surface area contributed by atoms with E-state index in [4.69, 9.17) is 15.0 Å². The van der Waals surface area contributed by atoms with Gasteiger partial charge in [-0.1, -0.05) is 0 Å². The maximum absolute atomic E-state index is 11.5. The topological polar surface area (TPSA) is 119 Å². The quantitative estimate of drug-likeness (QED) is 0.613. The monoisotopic (exact) mass is 302 g/mol. The number of ether oxygens (including phenoxy) is 1. The second kappa shape index (κ2) is 7.22. The molecule has 0 aromatic heterocycles. The summed E-state index contributed by atoms with van der Waals surface area (Å²) in [6.07, 6.45) is 0.693. The minimum Gasteiger partial charge on any atom is -0.478 e. The van der Waals surface area contributed by atoms with Crippen LogP contribution in [-0.4, -0.2) is 39.3 Å². The van der Waals surface area contributed by atoms with Gasteiger partial charge in [0.1, 0.15) is 4.90 Å². The van der Waals surface area contributed by atoms with Gasteiger partial charge in [-0.25, -0.2) is 18.4 Å². The Balaban J connectivity index is 2.87. The molecule has 0 saturated carbocycles. The lowest BCUT2D eigenvalue weighted by Gasteiger charge is -2.11. The fourth-order valence-corrected chi connectivity index (χ4v) is 2.32. The molecule has 0 bridgehead atoms. The Morgan fingerprint density at radius 1 is 1.45 bits per heavy atom. The van der Waals surface area contributed by atoms with Crippen molar-refractivity contribution in [1.82, 2.24) is 0 Å². The number of carboxylic acid groups (broad SMARTS) is 1. The van der Waals surface area contributed by atoms with Crippen molar-refractivity contribution in [2.24, 2.45) is 5.14 Å². The van der Waals surface area contributed by atoms with Gasteiger partial charge in [0.25, 0.3) is 0 Å². The third-order valence-corrected chi connectivity index (χ3v) is 3.47. The maximum atomic E-state index is 11.5. The van der Waals surface area contributed by atoms with Crippen molar-refractivity contribution in [1.29, 1.82) is 0 Å². The number of nitrogens with one attached hydrogen (secondary N) is 1. The first-order chi connectivity index (χ1) is 9.36. The van der Waals surface area contributed by atoms with Gasteiger partial charge in [-0.2, -0.15) is 0 Å². The van der Waals surface area contributed by atoms with Crippen LogP contribution in [0.15, 0.2) is 23.1 Å². The average molecular weight is 302 g/mol. The Morgan fingerprint density at radius 2 is 2.15 bits per heavy atom. The minimum atomic E-state index is -3.99. The zero-order chi connectivity index (χ0) is 15.2. The van der Waals surface area contributed by atoms with Gasteiger partial charge >= 0.3 is 5.97 Å². The zero-order valence-electron chi connectivity index (χ0n) is 11.1. The molecule has 1 rings (SSSR count). The lowest BCUT2D eigenvalue weighted by atomic mass is 10.2. The standard InChI is InChI=1S/C12H18N2O5S/c1-2-19-7-3-6-14-10-5-4-9(12(15)16)8-11(10)20(13,17)18/h4-5,8,14H,2-3,6-7H2,1H3,(H,15,16)(H2,13,17,18). The molecule has 4 N–H and O–H groups in total. The molecule has 0 amide bonds. The number of hydrogen-bond donors (Lipinski definition) is 3. The molecule has 1 aromatic carbocycles. The van der Waals surface area contributed by atoms with E-state index in [9.17, 15) is 13.2 Å². The number of rotatable bonds is 8. The van der Waals surface area contributed by atoms with E-state index in [1.54, 1.807) is 0 Å². The van der Waals surface area contributed by atoms with E-state index in [0.717, 1.165) is 6.07 Å². The Bertz CT molecular complexity index is 571. The summed E-state index contributed by atoms with van der Waals surface area (Å²) in [5.74, 6) is -1.21. The molecular weight excluding hydrogens is 284 g/mol. The number of aromatic carboxylic acids is 1. The van der Waals surface area contributed by atoms with E-state index in [1.165, 1.54) is 12.1 Å². The Morgan fingerprint density at radius 3 is 2.70 bits per heavy atom. The molecule has 8 heteroatoms. The van der Waals surface area contributed by atoms with Crippen LogP contribution >= 0.6 is 0 Å². The molecule has 0 fully saturated rings. The highest BCUT2D eigenvalue weighted by Crippen LogP contribution is 2.21. The predicted octanol–water partition coefficient (Wildman–Crippen LogP) is 0.871. The summed E-state index contributed by atoms with van der Waals surface area (Å²) >= 11 is 0. The van der Waals surface area contributed by atoms with Crippen molar-refractivity contribution >= 4 is 21.7 Å². The van der Waals surface area contributed by atoms with Gasteiger partial charge in [-0.15, -0.1) is 0 Å². The summed E-state index contributed by atoms with van der Waals surface area (Å²) in [4.78, 5) is 10.6. The van der Waals surface area contributed by atoms with E-state index in [2.05, 4.69) is 5.32 Å². The number of benzene rings is 1. The van der Waals surface area contributed by atoms with Gasteiger partial charge in [0.15, 0.2) is 0 Å². The van der Waals surface area contributed by atoms with Crippen molar-refractivity contribution in [3.63, 3.8) is 0 Å². The molecule has 0 saturated heterocycles. The fourth-order valence-electron chi connectivity index (χ4n) is 1.58. The molecular formula is C12H18N2O5S. The Hall–Kier alpha value is -1.64. The van der Waals surface area contributed by atoms with Crippen molar-refractivity contribution in [2.45, 2.75) is 18.2 Å². The van der Waals surface area contributed by atoms with E-state index in [0.29, 0.717) is 26.2 Å². The van der Waals surface area contributed by atoms with Gasteiger partial charge in [0, 0.05) is 19.8 Å². The molecule has 0 atom stereocenters. The van der Waals surface area contributed by atoms with Crippen molar-refractivity contribution in [3.05, 3.63) is 23.8 Å². The molecule has 0 spiro atoms. The van der Waals surface area contributed by atoms with Gasteiger partial charge in [-0.05, 0) is 31.5 Å². The Kier molecular flexibility index (Phi) is 5.93. The number of carbonyl (C=O) groups is 1. The molecule has 112 valence electrons. The molecule has 0 aliphatic carbocycles. The van der Waals surface area contributed by atoms with Gasteiger partial charge in [-0.3, -0.25) is 0 Å². The molecule has 0 radical (unpaired) electrons. The summed E-state index contributed by atoms with van der Waals surface area (Å²) in [5.41, 5.74) is 0.155. The SMILES string of the molecule is CCOCCCNc1ccc(C(=O)O)cc1S(N)(=O)=O. The molecule has 0 aliphatic heterocycles. The van der Waals surface area contributed by atoms with Gasteiger partial charge in [0.05, 0.1) is 11.3 Å². The fraction of sp³-hybridized carbons (Fsp3) is 0.417. The van der Waals surface area contributed by atoms with Crippen molar-refractivity contribution in [3.8, 4) is 0 Å². The average Bonchev–Trinajstić information content (AvgIpc) is 2.37. The summed E-state index contributed by atoms with van der Waals surface area (Å²) in [5, 5.41) is 16.9. The van der Waals surface area contributed by atoms with Gasteiger partial charge < -0.3 is 15.2 Å². The first kappa shape index (κ1) is 16.4. The number of primary sulfonamides is 1. The summed E-state index contributed by atoms with van der Waals surface area (Å²) in [7, 11) is -3.99. The van der Waals surface area contributed by atoms with Crippen LogP contribution in [0.25, 0.3) is 0 Å². The van der Waals surface area contributed by atoms with Crippen LogP contribution in [0.1, 0.15) is 23.7 Å². The highest BCUT2D eigenvalue weighted by atomic mass is 32.2. The predicted molar refractivity (Wildman–Crippen MR) is 74.4 cm³/mol. The van der Waals surface area contributed by atoms with Crippen molar-refractivity contribution in [2.75, 3.05) is 25.1 Å². The molecule has 20 heavy (non-hydrogen) atoms. The number of carboxylic acids is 1. The van der Waals surface area contributed by atoms with Crippen LogP contribution in [0.2, 0.25) is 0 Å². The van der Waals surface area contributed by atoms with Crippen LogP contribution in [0.4, 0.5) is 5.69 Å². The molecule has 0 heterocycles. The van der Waals surface area contributed by atoms with E-state index >= 15 is 0 Å². The van der Waals surface area contributed by atoms with Crippen LogP contribution in [0.3, 0.4) is 0 Å². The number of nitrogens with two attached hydrogens (primary N) is 1. The zero-order valence-corrected chi connectivity index (χ0v) is 11.9. The summed E-state index contributed by atoms with van der Waals surface area (Å²) in [6.45, 7) is 3.56. The minimum absolute atomic E-state index is 0.131. The summed E-state index contributed by atoms with van der Waals surface area (Å²) in [6, 6.07) is 3.76. The highest BCUT2D eigenvalue weighted by Gasteiger charge is 2.16. The van der Waals surface area contributed by atoms with Crippen LogP contribution in [0, 0.1) is 0 Å². The third kappa shape index (κ3) is 4.80. The number of hydrogen-bond acceptors (Lipinski definition) is 5. The molecule has 1 aromatic rings. The lowest BCUT2D eigenvalue weighted by molar-refractivity contribution is 0.0696. The first-order valence-corrected chi connectivity index (χ1v) is 7.62. The van der Waals surface area contributed by atoms with Gasteiger partial charge in [0.2, 0.25) is 10.0 Å².